The van der Waals surface area contributed by atoms with Crippen molar-refractivity contribution in [2.45, 2.75) is 51.3 Å². The van der Waals surface area contributed by atoms with Gasteiger partial charge in [0, 0.05) is 25.2 Å². The van der Waals surface area contributed by atoms with Gasteiger partial charge >= 0.3 is 0 Å². The molecule has 2 rings (SSSR count). The van der Waals surface area contributed by atoms with Crippen LogP contribution < -0.4 is 5.73 Å². The van der Waals surface area contributed by atoms with Gasteiger partial charge in [0.2, 0.25) is 0 Å². The molecule has 3 heteroatoms. The predicted molar refractivity (Wildman–Crippen MR) is 61.8 cm³/mol. The van der Waals surface area contributed by atoms with E-state index in [1.807, 2.05) is 0 Å². The lowest BCUT2D eigenvalue weighted by molar-refractivity contribution is -0.0486. The monoisotopic (exact) mass is 212 g/mol. The van der Waals surface area contributed by atoms with E-state index in [4.69, 9.17) is 10.5 Å². The van der Waals surface area contributed by atoms with Crippen molar-refractivity contribution in [3.63, 3.8) is 0 Å². The van der Waals surface area contributed by atoms with Gasteiger partial charge in [-0.15, -0.1) is 0 Å². The molecular weight excluding hydrogens is 188 g/mol. The number of rotatable bonds is 4. The van der Waals surface area contributed by atoms with Crippen LogP contribution >= 0.6 is 0 Å². The van der Waals surface area contributed by atoms with Gasteiger partial charge in [0.25, 0.3) is 0 Å². The third-order valence-electron chi connectivity index (χ3n) is 3.98. The van der Waals surface area contributed by atoms with Gasteiger partial charge in [0.15, 0.2) is 0 Å². The summed E-state index contributed by atoms with van der Waals surface area (Å²) in [5.41, 5.74) is 5.74. The standard InChI is InChI=1S/C12H24N2O/c1-3-15-12-5-11(6-12)14-8-10(7-13)4-9(14)2/h9-12H,3-8,13H2,1-2H3. The van der Waals surface area contributed by atoms with Gasteiger partial charge in [0.1, 0.15) is 0 Å². The molecule has 3 nitrogen and oxygen atoms in total. The zero-order valence-electron chi connectivity index (χ0n) is 9.98. The average Bonchev–Trinajstić information content (AvgIpc) is 2.53. The van der Waals surface area contributed by atoms with Gasteiger partial charge in [0.05, 0.1) is 6.10 Å². The molecule has 1 aliphatic heterocycles. The van der Waals surface area contributed by atoms with Crippen molar-refractivity contribution in [1.29, 1.82) is 0 Å². The van der Waals surface area contributed by atoms with E-state index in [1.165, 1.54) is 25.8 Å². The highest BCUT2D eigenvalue weighted by molar-refractivity contribution is 4.94. The zero-order valence-corrected chi connectivity index (χ0v) is 9.98. The van der Waals surface area contributed by atoms with Crippen LogP contribution in [0.5, 0.6) is 0 Å². The molecule has 0 aromatic rings. The van der Waals surface area contributed by atoms with Gasteiger partial charge < -0.3 is 10.5 Å². The maximum atomic E-state index is 5.74. The fourth-order valence-electron chi connectivity index (χ4n) is 3.03. The Morgan fingerprint density at radius 2 is 2.07 bits per heavy atom. The summed E-state index contributed by atoms with van der Waals surface area (Å²) in [7, 11) is 0. The first-order chi connectivity index (χ1) is 7.24. The van der Waals surface area contributed by atoms with E-state index in [1.54, 1.807) is 0 Å². The molecule has 0 spiro atoms. The van der Waals surface area contributed by atoms with E-state index in [0.29, 0.717) is 6.10 Å². The first-order valence-corrected chi connectivity index (χ1v) is 6.32. The Morgan fingerprint density at radius 1 is 1.33 bits per heavy atom. The maximum absolute atomic E-state index is 5.74. The van der Waals surface area contributed by atoms with Crippen LogP contribution in [-0.2, 0) is 4.74 Å². The fourth-order valence-corrected chi connectivity index (χ4v) is 3.03. The highest BCUT2D eigenvalue weighted by Gasteiger charge is 2.40. The van der Waals surface area contributed by atoms with E-state index in [9.17, 15) is 0 Å². The molecule has 0 aromatic heterocycles. The third-order valence-corrected chi connectivity index (χ3v) is 3.98. The summed E-state index contributed by atoms with van der Waals surface area (Å²) < 4.78 is 5.60. The minimum absolute atomic E-state index is 0.532. The summed E-state index contributed by atoms with van der Waals surface area (Å²) in [6.07, 6.45) is 4.28. The molecule has 1 saturated carbocycles. The van der Waals surface area contributed by atoms with Crippen LogP contribution in [0.4, 0.5) is 0 Å². The van der Waals surface area contributed by atoms with Crippen molar-refractivity contribution >= 4 is 0 Å². The zero-order chi connectivity index (χ0) is 10.8. The van der Waals surface area contributed by atoms with Gasteiger partial charge in [-0.3, -0.25) is 4.90 Å². The number of hydrogen-bond acceptors (Lipinski definition) is 3. The van der Waals surface area contributed by atoms with Crippen LogP contribution in [0, 0.1) is 5.92 Å². The normalized spacial score (nSPS) is 41.8. The fraction of sp³-hybridized carbons (Fsp3) is 1.00. The molecule has 0 bridgehead atoms. The highest BCUT2D eigenvalue weighted by atomic mass is 16.5. The van der Waals surface area contributed by atoms with Gasteiger partial charge in [-0.2, -0.15) is 0 Å². The molecule has 1 saturated heterocycles. The van der Waals surface area contributed by atoms with Crippen LogP contribution in [0.2, 0.25) is 0 Å². The van der Waals surface area contributed by atoms with E-state index < -0.39 is 0 Å². The van der Waals surface area contributed by atoms with Crippen LogP contribution in [-0.4, -0.2) is 42.8 Å². The van der Waals surface area contributed by atoms with Gasteiger partial charge in [-0.05, 0) is 45.6 Å². The highest BCUT2D eigenvalue weighted by Crippen LogP contribution is 2.34. The van der Waals surface area contributed by atoms with Crippen molar-refractivity contribution in [3.05, 3.63) is 0 Å². The van der Waals surface area contributed by atoms with Crippen LogP contribution in [0.1, 0.15) is 33.1 Å². The van der Waals surface area contributed by atoms with Crippen LogP contribution in [0.15, 0.2) is 0 Å². The Hall–Kier alpha value is -0.120. The molecule has 1 heterocycles. The molecule has 2 aliphatic rings. The Morgan fingerprint density at radius 3 is 2.60 bits per heavy atom. The Balaban J connectivity index is 1.76. The minimum Gasteiger partial charge on any atom is -0.378 e. The van der Waals surface area contributed by atoms with Gasteiger partial charge in [-0.25, -0.2) is 0 Å². The minimum atomic E-state index is 0.532. The van der Waals surface area contributed by atoms with Crippen LogP contribution in [0.25, 0.3) is 0 Å². The molecule has 0 aromatic carbocycles. The SMILES string of the molecule is CCOC1CC(N2CC(CN)CC2C)C1. The maximum Gasteiger partial charge on any atom is 0.0604 e. The summed E-state index contributed by atoms with van der Waals surface area (Å²) in [4.78, 5) is 2.65. The molecule has 0 radical (unpaired) electrons. The second-order valence-electron chi connectivity index (χ2n) is 5.09. The predicted octanol–water partition coefficient (Wildman–Crippen LogP) is 1.22. The first-order valence-electron chi connectivity index (χ1n) is 6.32. The Kier molecular flexibility index (Phi) is 3.65. The Labute approximate surface area is 93.0 Å². The lowest BCUT2D eigenvalue weighted by Gasteiger charge is -2.42. The summed E-state index contributed by atoms with van der Waals surface area (Å²) >= 11 is 0. The van der Waals surface area contributed by atoms with Crippen molar-refractivity contribution in [1.82, 2.24) is 4.90 Å². The summed E-state index contributed by atoms with van der Waals surface area (Å²) in [6, 6.07) is 1.50. The van der Waals surface area contributed by atoms with E-state index >= 15 is 0 Å². The van der Waals surface area contributed by atoms with E-state index in [-0.39, 0.29) is 0 Å². The molecule has 15 heavy (non-hydrogen) atoms. The first kappa shape index (κ1) is 11.4. The molecule has 0 amide bonds. The summed E-state index contributed by atoms with van der Waals surface area (Å²) in [6.45, 7) is 7.34. The van der Waals surface area contributed by atoms with Crippen molar-refractivity contribution < 1.29 is 4.74 Å². The third kappa shape index (κ3) is 2.35. The summed E-state index contributed by atoms with van der Waals surface area (Å²) in [5.74, 6) is 0.728. The number of nitrogens with two attached hydrogens (primary N) is 1. The van der Waals surface area contributed by atoms with Crippen molar-refractivity contribution in [3.8, 4) is 0 Å². The smallest absolute Gasteiger partial charge is 0.0604 e. The van der Waals surface area contributed by atoms with E-state index in [0.717, 1.165) is 31.2 Å². The molecule has 2 atom stereocenters. The number of ether oxygens (including phenoxy) is 1. The second-order valence-corrected chi connectivity index (χ2v) is 5.09. The second kappa shape index (κ2) is 4.81. The number of likely N-dealkylation sites (tertiary alicyclic amines) is 1. The lowest BCUT2D eigenvalue weighted by atomic mass is 9.87. The molecular formula is C12H24N2O. The van der Waals surface area contributed by atoms with Crippen LogP contribution in [0.3, 0.4) is 0 Å². The van der Waals surface area contributed by atoms with Gasteiger partial charge in [-0.1, -0.05) is 0 Å². The van der Waals surface area contributed by atoms with E-state index in [2.05, 4.69) is 18.7 Å². The van der Waals surface area contributed by atoms with Crippen molar-refractivity contribution in [2.24, 2.45) is 11.7 Å². The number of hydrogen-bond donors (Lipinski definition) is 1. The largest absolute Gasteiger partial charge is 0.378 e. The topological polar surface area (TPSA) is 38.5 Å². The molecule has 1 aliphatic carbocycles. The quantitative estimate of drug-likeness (QED) is 0.761. The molecule has 88 valence electrons. The summed E-state index contributed by atoms with van der Waals surface area (Å²) in [5, 5.41) is 0. The molecule has 2 fully saturated rings. The molecule has 2 N–H and O–H groups in total. The Bertz CT molecular complexity index is 204. The molecule has 2 unspecified atom stereocenters. The average molecular weight is 212 g/mol. The number of nitrogens with zero attached hydrogens (tertiary/aromatic N) is 1. The van der Waals surface area contributed by atoms with Crippen molar-refractivity contribution in [2.75, 3.05) is 19.7 Å². The lowest BCUT2D eigenvalue weighted by Crippen LogP contribution is -2.49.